The van der Waals surface area contributed by atoms with Crippen LogP contribution in [-0.4, -0.2) is 31.6 Å². The molecular weight excluding hydrogens is 235 g/mol. The van der Waals surface area contributed by atoms with Gasteiger partial charge in [0.05, 0.1) is 23.7 Å². The van der Waals surface area contributed by atoms with E-state index in [4.69, 9.17) is 4.74 Å². The van der Waals surface area contributed by atoms with Crippen LogP contribution in [0.3, 0.4) is 0 Å². The summed E-state index contributed by atoms with van der Waals surface area (Å²) in [5.41, 5.74) is -0.630. The number of hydrogen-bond donors (Lipinski definition) is 0. The predicted octanol–water partition coefficient (Wildman–Crippen LogP) is 2.42. The first-order chi connectivity index (χ1) is 7.95. The quantitative estimate of drug-likeness (QED) is 0.718. The summed E-state index contributed by atoms with van der Waals surface area (Å²) in [5, 5.41) is 9.19. The van der Waals surface area contributed by atoms with Gasteiger partial charge < -0.3 is 9.47 Å². The smallest absolute Gasteiger partial charge is 0.373 e. The van der Waals surface area contributed by atoms with E-state index in [1.165, 1.54) is 0 Å². The monoisotopic (exact) mass is 249 g/mol. The Morgan fingerprint density at radius 1 is 1.41 bits per heavy atom. The van der Waals surface area contributed by atoms with Gasteiger partial charge in [0.2, 0.25) is 0 Å². The van der Waals surface area contributed by atoms with Crippen molar-refractivity contribution >= 4 is 0 Å². The van der Waals surface area contributed by atoms with Crippen molar-refractivity contribution in [3.05, 3.63) is 0 Å². The second-order valence-electron chi connectivity index (χ2n) is 4.71. The first-order valence-corrected chi connectivity index (χ1v) is 5.66. The SMILES string of the molecule is N#CC1(CCOCC(F)(F)F)CC2CCC1O2. The van der Waals surface area contributed by atoms with E-state index in [-0.39, 0.29) is 18.8 Å². The van der Waals surface area contributed by atoms with Gasteiger partial charge >= 0.3 is 6.18 Å². The van der Waals surface area contributed by atoms with E-state index in [2.05, 4.69) is 10.8 Å². The summed E-state index contributed by atoms with van der Waals surface area (Å²) < 4.78 is 45.7. The molecule has 0 radical (unpaired) electrons. The standard InChI is InChI=1S/C11H14F3NO2/c12-11(13,14)7-16-4-3-10(6-15)5-8-1-2-9(10)17-8/h8-9H,1-5,7H2. The Morgan fingerprint density at radius 3 is 2.65 bits per heavy atom. The number of rotatable bonds is 4. The maximum Gasteiger partial charge on any atom is 0.411 e. The summed E-state index contributed by atoms with van der Waals surface area (Å²) in [4.78, 5) is 0. The number of fused-ring (bicyclic) bond motifs is 2. The molecule has 0 spiro atoms. The fraction of sp³-hybridized carbons (Fsp3) is 0.909. The third kappa shape index (κ3) is 2.72. The minimum atomic E-state index is -4.30. The third-order valence-electron chi connectivity index (χ3n) is 3.50. The largest absolute Gasteiger partial charge is 0.411 e. The van der Waals surface area contributed by atoms with Gasteiger partial charge in [-0.15, -0.1) is 0 Å². The van der Waals surface area contributed by atoms with Crippen molar-refractivity contribution < 1.29 is 22.6 Å². The molecule has 3 atom stereocenters. The zero-order valence-corrected chi connectivity index (χ0v) is 9.29. The van der Waals surface area contributed by atoms with Gasteiger partial charge in [-0.1, -0.05) is 0 Å². The van der Waals surface area contributed by atoms with Crippen molar-refractivity contribution in [2.75, 3.05) is 13.2 Å². The molecule has 0 saturated carbocycles. The Hall–Kier alpha value is -0.800. The minimum Gasteiger partial charge on any atom is -0.373 e. The number of alkyl halides is 3. The Balaban J connectivity index is 1.80. The predicted molar refractivity (Wildman–Crippen MR) is 52.0 cm³/mol. The molecule has 2 aliphatic rings. The van der Waals surface area contributed by atoms with Gasteiger partial charge in [-0.05, 0) is 25.7 Å². The molecule has 2 fully saturated rings. The average Bonchev–Trinajstić information content (AvgIpc) is 2.83. The molecule has 3 nitrogen and oxygen atoms in total. The Morgan fingerprint density at radius 2 is 2.18 bits per heavy atom. The van der Waals surface area contributed by atoms with E-state index in [1.54, 1.807) is 0 Å². The highest BCUT2D eigenvalue weighted by Gasteiger charge is 2.52. The van der Waals surface area contributed by atoms with Gasteiger partial charge in [-0.2, -0.15) is 18.4 Å². The van der Waals surface area contributed by atoms with E-state index in [0.717, 1.165) is 12.8 Å². The summed E-state index contributed by atoms with van der Waals surface area (Å²) in [6.07, 6.45) is -1.57. The average molecular weight is 249 g/mol. The van der Waals surface area contributed by atoms with Crippen molar-refractivity contribution in [1.29, 1.82) is 5.26 Å². The summed E-state index contributed by atoms with van der Waals surface area (Å²) in [7, 11) is 0. The molecule has 0 aromatic heterocycles. The molecule has 2 bridgehead atoms. The second kappa shape index (κ2) is 4.46. The second-order valence-corrected chi connectivity index (χ2v) is 4.71. The van der Waals surface area contributed by atoms with Gasteiger partial charge in [0, 0.05) is 6.61 Å². The van der Waals surface area contributed by atoms with E-state index < -0.39 is 18.2 Å². The molecule has 0 aromatic carbocycles. The lowest BCUT2D eigenvalue weighted by molar-refractivity contribution is -0.175. The highest BCUT2D eigenvalue weighted by atomic mass is 19.4. The van der Waals surface area contributed by atoms with Crippen molar-refractivity contribution in [2.45, 2.75) is 44.1 Å². The molecule has 96 valence electrons. The highest BCUT2D eigenvalue weighted by Crippen LogP contribution is 2.49. The first kappa shape index (κ1) is 12.7. The number of hydrogen-bond acceptors (Lipinski definition) is 3. The summed E-state index contributed by atoms with van der Waals surface area (Å²) in [6, 6.07) is 2.22. The zero-order chi connectivity index (χ0) is 12.5. The van der Waals surface area contributed by atoms with E-state index in [1.807, 2.05) is 0 Å². The van der Waals surface area contributed by atoms with E-state index in [0.29, 0.717) is 12.8 Å². The molecule has 17 heavy (non-hydrogen) atoms. The van der Waals surface area contributed by atoms with Crippen LogP contribution >= 0.6 is 0 Å². The lowest BCUT2D eigenvalue weighted by Gasteiger charge is -2.27. The third-order valence-corrected chi connectivity index (χ3v) is 3.50. The maximum atomic E-state index is 11.9. The van der Waals surface area contributed by atoms with E-state index >= 15 is 0 Å². The number of ether oxygens (including phenoxy) is 2. The molecule has 0 aliphatic carbocycles. The maximum absolute atomic E-state index is 11.9. The summed E-state index contributed by atoms with van der Waals surface area (Å²) in [5.74, 6) is 0. The van der Waals surface area contributed by atoms with Crippen LogP contribution in [0.5, 0.6) is 0 Å². The number of nitriles is 1. The zero-order valence-electron chi connectivity index (χ0n) is 9.29. The highest BCUT2D eigenvalue weighted by molar-refractivity contribution is 5.12. The van der Waals surface area contributed by atoms with Gasteiger partial charge in [0.1, 0.15) is 6.61 Å². The minimum absolute atomic E-state index is 0.0420. The van der Waals surface area contributed by atoms with Crippen LogP contribution < -0.4 is 0 Å². The molecular formula is C11H14F3NO2. The number of nitrogens with zero attached hydrogens (tertiary/aromatic N) is 1. The molecule has 6 heteroatoms. The molecule has 2 aliphatic heterocycles. The first-order valence-electron chi connectivity index (χ1n) is 5.66. The van der Waals surface area contributed by atoms with Gasteiger partial charge in [-0.3, -0.25) is 0 Å². The van der Waals surface area contributed by atoms with Crippen molar-refractivity contribution in [2.24, 2.45) is 5.41 Å². The van der Waals surface area contributed by atoms with Crippen LogP contribution in [-0.2, 0) is 9.47 Å². The lowest BCUT2D eigenvalue weighted by Crippen LogP contribution is -2.32. The van der Waals surface area contributed by atoms with Crippen LogP contribution in [0, 0.1) is 16.7 Å². The molecule has 2 saturated heterocycles. The normalized spacial score (nSPS) is 36.1. The van der Waals surface area contributed by atoms with Gasteiger partial charge in [0.15, 0.2) is 0 Å². The summed E-state index contributed by atoms with van der Waals surface area (Å²) >= 11 is 0. The van der Waals surface area contributed by atoms with Crippen molar-refractivity contribution in [3.63, 3.8) is 0 Å². The molecule has 0 N–H and O–H groups in total. The van der Waals surface area contributed by atoms with Crippen molar-refractivity contribution in [3.8, 4) is 6.07 Å². The van der Waals surface area contributed by atoms with Crippen LogP contribution in [0.4, 0.5) is 13.2 Å². The van der Waals surface area contributed by atoms with Gasteiger partial charge in [-0.25, -0.2) is 0 Å². The molecule has 2 rings (SSSR count). The molecule has 2 heterocycles. The van der Waals surface area contributed by atoms with Crippen LogP contribution in [0.25, 0.3) is 0 Å². The van der Waals surface area contributed by atoms with Crippen LogP contribution in [0.15, 0.2) is 0 Å². The summed E-state index contributed by atoms with van der Waals surface area (Å²) in [6.45, 7) is -1.29. The Kier molecular flexibility index (Phi) is 3.32. The lowest BCUT2D eigenvalue weighted by atomic mass is 9.73. The topological polar surface area (TPSA) is 42.2 Å². The van der Waals surface area contributed by atoms with E-state index in [9.17, 15) is 18.4 Å². The Bertz CT molecular complexity index is 326. The van der Waals surface area contributed by atoms with Crippen LogP contribution in [0.2, 0.25) is 0 Å². The Labute approximate surface area is 97.5 Å². The van der Waals surface area contributed by atoms with Gasteiger partial charge in [0.25, 0.3) is 0 Å². The van der Waals surface area contributed by atoms with Crippen molar-refractivity contribution in [1.82, 2.24) is 0 Å². The fourth-order valence-electron chi connectivity index (χ4n) is 2.68. The molecule has 0 amide bonds. The fourth-order valence-corrected chi connectivity index (χ4v) is 2.68. The van der Waals surface area contributed by atoms with Crippen LogP contribution in [0.1, 0.15) is 25.7 Å². The molecule has 0 aromatic rings. The number of halogens is 3. The molecule has 3 unspecified atom stereocenters.